The van der Waals surface area contributed by atoms with Crippen molar-refractivity contribution in [3.05, 3.63) is 54.1 Å². The summed E-state index contributed by atoms with van der Waals surface area (Å²) in [7, 11) is 0. The highest BCUT2D eigenvalue weighted by Gasteiger charge is 2.10. The quantitative estimate of drug-likeness (QED) is 0.879. The van der Waals surface area contributed by atoms with E-state index >= 15 is 0 Å². The molecule has 0 unspecified atom stereocenters. The molecule has 1 heterocycles. The minimum atomic E-state index is -0.147. The molecule has 4 heteroatoms. The number of hydrogen-bond acceptors (Lipinski definition) is 3. The van der Waals surface area contributed by atoms with Crippen LogP contribution in [0.1, 0.15) is 31.2 Å². The molecule has 0 spiro atoms. The standard InChI is InChI=1S/C21H26N2O2/c1-17-8-4-5-9-20(17)25-16-21(24)22-18-10-12-19(13-11-18)23-14-6-2-3-7-15-23/h4-5,8-13H,2-3,6-7,14-16H2,1H3,(H,22,24). The topological polar surface area (TPSA) is 41.6 Å². The van der Waals surface area contributed by atoms with Crippen molar-refractivity contribution in [3.63, 3.8) is 0 Å². The average molecular weight is 338 g/mol. The Bertz CT molecular complexity index is 689. The van der Waals surface area contributed by atoms with Crippen LogP contribution in [-0.2, 0) is 4.79 Å². The lowest BCUT2D eigenvalue weighted by molar-refractivity contribution is -0.118. The van der Waals surface area contributed by atoms with Gasteiger partial charge < -0.3 is 15.0 Å². The van der Waals surface area contributed by atoms with Gasteiger partial charge in [-0.15, -0.1) is 0 Å². The molecule has 0 saturated carbocycles. The van der Waals surface area contributed by atoms with Crippen LogP contribution in [0.4, 0.5) is 11.4 Å². The zero-order valence-corrected chi connectivity index (χ0v) is 14.8. The van der Waals surface area contributed by atoms with E-state index in [1.165, 1.54) is 31.4 Å². The highest BCUT2D eigenvalue weighted by molar-refractivity contribution is 5.92. The zero-order chi connectivity index (χ0) is 17.5. The first-order valence-electron chi connectivity index (χ1n) is 9.06. The van der Waals surface area contributed by atoms with Crippen molar-refractivity contribution in [2.24, 2.45) is 0 Å². The molecule has 0 aromatic heterocycles. The third-order valence-electron chi connectivity index (χ3n) is 4.57. The summed E-state index contributed by atoms with van der Waals surface area (Å²) in [6.45, 7) is 4.22. The van der Waals surface area contributed by atoms with Crippen LogP contribution >= 0.6 is 0 Å². The summed E-state index contributed by atoms with van der Waals surface area (Å²) in [5.41, 5.74) is 3.06. The third kappa shape index (κ3) is 4.99. The van der Waals surface area contributed by atoms with Crippen molar-refractivity contribution in [2.75, 3.05) is 29.9 Å². The number of amides is 1. The van der Waals surface area contributed by atoms with Crippen molar-refractivity contribution in [1.82, 2.24) is 0 Å². The van der Waals surface area contributed by atoms with E-state index in [0.29, 0.717) is 0 Å². The van der Waals surface area contributed by atoms with E-state index in [9.17, 15) is 4.79 Å². The number of carbonyl (C=O) groups excluding carboxylic acids is 1. The minimum Gasteiger partial charge on any atom is -0.483 e. The molecule has 4 nitrogen and oxygen atoms in total. The van der Waals surface area contributed by atoms with Crippen molar-refractivity contribution >= 4 is 17.3 Å². The first-order chi connectivity index (χ1) is 12.2. The van der Waals surface area contributed by atoms with Gasteiger partial charge in [0.25, 0.3) is 5.91 Å². The lowest BCUT2D eigenvalue weighted by Crippen LogP contribution is -2.24. The van der Waals surface area contributed by atoms with Crippen LogP contribution in [0, 0.1) is 6.92 Å². The summed E-state index contributed by atoms with van der Waals surface area (Å²) in [6.07, 6.45) is 5.17. The Morgan fingerprint density at radius 1 is 1.00 bits per heavy atom. The van der Waals surface area contributed by atoms with Crippen LogP contribution in [0.25, 0.3) is 0 Å². The Balaban J connectivity index is 1.52. The Morgan fingerprint density at radius 2 is 1.68 bits per heavy atom. The summed E-state index contributed by atoms with van der Waals surface area (Å²) in [5, 5.41) is 2.89. The molecule has 2 aromatic rings. The van der Waals surface area contributed by atoms with E-state index in [-0.39, 0.29) is 12.5 Å². The molecule has 1 aliphatic rings. The molecule has 1 fully saturated rings. The van der Waals surface area contributed by atoms with Gasteiger partial charge in [-0.1, -0.05) is 31.0 Å². The second-order valence-corrected chi connectivity index (χ2v) is 6.55. The van der Waals surface area contributed by atoms with Crippen molar-refractivity contribution in [2.45, 2.75) is 32.6 Å². The van der Waals surface area contributed by atoms with Crippen LogP contribution < -0.4 is 15.0 Å². The molecular weight excluding hydrogens is 312 g/mol. The lowest BCUT2D eigenvalue weighted by Gasteiger charge is -2.22. The predicted octanol–water partition coefficient (Wildman–Crippen LogP) is 4.39. The number of ether oxygens (including phenoxy) is 1. The molecule has 132 valence electrons. The van der Waals surface area contributed by atoms with Crippen molar-refractivity contribution < 1.29 is 9.53 Å². The molecule has 1 saturated heterocycles. The van der Waals surface area contributed by atoms with Crippen molar-refractivity contribution in [1.29, 1.82) is 0 Å². The Kier molecular flexibility index (Phi) is 5.94. The Labute approximate surface area is 149 Å². The maximum atomic E-state index is 12.1. The van der Waals surface area contributed by atoms with Gasteiger partial charge in [0.2, 0.25) is 0 Å². The van der Waals surface area contributed by atoms with E-state index < -0.39 is 0 Å². The van der Waals surface area contributed by atoms with Gasteiger partial charge in [-0.3, -0.25) is 4.79 Å². The van der Waals surface area contributed by atoms with Crippen LogP contribution in [-0.4, -0.2) is 25.6 Å². The smallest absolute Gasteiger partial charge is 0.262 e. The average Bonchev–Trinajstić information content (AvgIpc) is 2.91. The number of carbonyl (C=O) groups is 1. The Morgan fingerprint density at radius 3 is 2.36 bits per heavy atom. The first-order valence-corrected chi connectivity index (χ1v) is 9.06. The van der Waals surface area contributed by atoms with Gasteiger partial charge in [-0.25, -0.2) is 0 Å². The normalized spacial score (nSPS) is 14.7. The number of hydrogen-bond donors (Lipinski definition) is 1. The second kappa shape index (κ2) is 8.56. The van der Waals surface area contributed by atoms with Gasteiger partial charge in [0.15, 0.2) is 6.61 Å². The highest BCUT2D eigenvalue weighted by atomic mass is 16.5. The summed E-state index contributed by atoms with van der Waals surface area (Å²) >= 11 is 0. The van der Waals surface area contributed by atoms with Gasteiger partial charge in [0.05, 0.1) is 0 Å². The van der Waals surface area contributed by atoms with E-state index in [2.05, 4.69) is 22.3 Å². The van der Waals surface area contributed by atoms with E-state index in [1.54, 1.807) is 0 Å². The summed E-state index contributed by atoms with van der Waals surface area (Å²) < 4.78 is 5.58. The first kappa shape index (κ1) is 17.3. The van der Waals surface area contributed by atoms with Gasteiger partial charge >= 0.3 is 0 Å². The summed E-state index contributed by atoms with van der Waals surface area (Å²) in [5.74, 6) is 0.597. The number of anilines is 2. The fraction of sp³-hybridized carbons (Fsp3) is 0.381. The monoisotopic (exact) mass is 338 g/mol. The molecule has 2 aromatic carbocycles. The third-order valence-corrected chi connectivity index (χ3v) is 4.57. The molecule has 0 atom stereocenters. The number of para-hydroxylation sites is 1. The van der Waals surface area contributed by atoms with E-state index in [4.69, 9.17) is 4.74 Å². The number of nitrogens with zero attached hydrogens (tertiary/aromatic N) is 1. The van der Waals surface area contributed by atoms with E-state index in [1.807, 2.05) is 43.3 Å². The molecular formula is C21H26N2O2. The Hall–Kier alpha value is -2.49. The largest absolute Gasteiger partial charge is 0.483 e. The van der Waals surface area contributed by atoms with Gasteiger partial charge in [0, 0.05) is 24.5 Å². The number of aryl methyl sites for hydroxylation is 1. The minimum absolute atomic E-state index is 0.0126. The summed E-state index contributed by atoms with van der Waals surface area (Å²) in [4.78, 5) is 14.5. The molecule has 25 heavy (non-hydrogen) atoms. The van der Waals surface area contributed by atoms with Crippen LogP contribution in [0.3, 0.4) is 0 Å². The molecule has 0 aliphatic carbocycles. The number of nitrogens with one attached hydrogen (secondary N) is 1. The van der Waals surface area contributed by atoms with Gasteiger partial charge in [0.1, 0.15) is 5.75 Å². The maximum absolute atomic E-state index is 12.1. The van der Waals surface area contributed by atoms with E-state index in [0.717, 1.165) is 30.1 Å². The fourth-order valence-corrected chi connectivity index (χ4v) is 3.14. The molecule has 0 bridgehead atoms. The molecule has 1 N–H and O–H groups in total. The molecule has 0 radical (unpaired) electrons. The summed E-state index contributed by atoms with van der Waals surface area (Å²) in [6, 6.07) is 15.8. The number of benzene rings is 2. The van der Waals surface area contributed by atoms with Crippen LogP contribution in [0.2, 0.25) is 0 Å². The molecule has 1 aliphatic heterocycles. The van der Waals surface area contributed by atoms with Crippen LogP contribution in [0.5, 0.6) is 5.75 Å². The predicted molar refractivity (Wildman–Crippen MR) is 102 cm³/mol. The lowest BCUT2D eigenvalue weighted by atomic mass is 10.2. The van der Waals surface area contributed by atoms with Crippen LogP contribution in [0.15, 0.2) is 48.5 Å². The van der Waals surface area contributed by atoms with Crippen molar-refractivity contribution in [3.8, 4) is 5.75 Å². The second-order valence-electron chi connectivity index (χ2n) is 6.55. The SMILES string of the molecule is Cc1ccccc1OCC(=O)Nc1ccc(N2CCCCCC2)cc1. The number of rotatable bonds is 5. The van der Waals surface area contributed by atoms with Gasteiger partial charge in [-0.2, -0.15) is 0 Å². The highest BCUT2D eigenvalue weighted by Crippen LogP contribution is 2.22. The zero-order valence-electron chi connectivity index (χ0n) is 14.8. The fourth-order valence-electron chi connectivity index (χ4n) is 3.14. The van der Waals surface area contributed by atoms with Gasteiger partial charge in [-0.05, 0) is 55.7 Å². The molecule has 3 rings (SSSR count). The molecule has 1 amide bonds. The maximum Gasteiger partial charge on any atom is 0.262 e.